The number of carbonyl (C=O) groups is 1. The third kappa shape index (κ3) is 3.17. The molecule has 1 aromatic heterocycles. The quantitative estimate of drug-likeness (QED) is 0.652. The molecule has 1 atom stereocenters. The Kier molecular flexibility index (Phi) is 4.51. The normalized spacial score (nSPS) is 19.6. The Hall–Kier alpha value is -1.14. The van der Waals surface area contributed by atoms with Crippen molar-refractivity contribution < 1.29 is 4.79 Å². The van der Waals surface area contributed by atoms with Gasteiger partial charge in [0, 0.05) is 6.54 Å². The summed E-state index contributed by atoms with van der Waals surface area (Å²) in [5.41, 5.74) is 0.754. The molecule has 6 nitrogen and oxygen atoms in total. The lowest BCUT2D eigenvalue weighted by Gasteiger charge is -2.07. The Morgan fingerprint density at radius 3 is 3.13 bits per heavy atom. The molecule has 0 bridgehead atoms. The lowest BCUT2D eigenvalue weighted by molar-refractivity contribution is -0.124. The van der Waals surface area contributed by atoms with Gasteiger partial charge in [0.1, 0.15) is 5.69 Å². The molecule has 3 N–H and O–H groups in total. The summed E-state index contributed by atoms with van der Waals surface area (Å²) in [6, 6.07) is 0. The van der Waals surface area contributed by atoms with Gasteiger partial charge in [-0.3, -0.25) is 4.79 Å². The standard InChI is InChI=1S/C8H13N5O.ClH/c14-8(6-1-2-9-3-6)10-4-7-5-11-13-12-7;/h5-6,9H,1-4H2,(H,10,14)(H,11,12,13);1H/t6-;/m1./s1. The van der Waals surface area contributed by atoms with Gasteiger partial charge >= 0.3 is 0 Å². The number of aromatic amines is 1. The Labute approximate surface area is 93.6 Å². The predicted molar refractivity (Wildman–Crippen MR) is 56.5 cm³/mol. The highest BCUT2D eigenvalue weighted by atomic mass is 35.5. The van der Waals surface area contributed by atoms with Crippen molar-refractivity contribution in [2.75, 3.05) is 13.1 Å². The van der Waals surface area contributed by atoms with Crippen molar-refractivity contribution in [3.8, 4) is 0 Å². The predicted octanol–water partition coefficient (Wildman–Crippen LogP) is -0.548. The van der Waals surface area contributed by atoms with Crippen LogP contribution in [0.3, 0.4) is 0 Å². The summed E-state index contributed by atoms with van der Waals surface area (Å²) in [6.45, 7) is 2.17. The molecule has 1 amide bonds. The van der Waals surface area contributed by atoms with Gasteiger partial charge in [0.2, 0.25) is 5.91 Å². The highest BCUT2D eigenvalue weighted by Crippen LogP contribution is 2.07. The van der Waals surface area contributed by atoms with Crippen LogP contribution in [0, 0.1) is 5.92 Å². The van der Waals surface area contributed by atoms with E-state index in [-0.39, 0.29) is 24.2 Å². The number of rotatable bonds is 3. The van der Waals surface area contributed by atoms with Crippen LogP contribution < -0.4 is 10.6 Å². The molecule has 0 spiro atoms. The first-order valence-corrected chi connectivity index (χ1v) is 4.69. The Balaban J connectivity index is 0.00000112. The van der Waals surface area contributed by atoms with Crippen LogP contribution in [0.25, 0.3) is 0 Å². The smallest absolute Gasteiger partial charge is 0.224 e. The van der Waals surface area contributed by atoms with Crippen molar-refractivity contribution in [1.29, 1.82) is 0 Å². The minimum Gasteiger partial charge on any atom is -0.350 e. The van der Waals surface area contributed by atoms with Gasteiger partial charge in [-0.25, -0.2) is 0 Å². The number of halogens is 1. The zero-order chi connectivity index (χ0) is 9.80. The highest BCUT2D eigenvalue weighted by molar-refractivity contribution is 5.85. The number of carbonyl (C=O) groups excluding carboxylic acids is 1. The SMILES string of the molecule is Cl.O=C(NCc1cn[nH]n1)[C@@H]1CCNC1. The zero-order valence-electron chi connectivity index (χ0n) is 8.19. The fraction of sp³-hybridized carbons (Fsp3) is 0.625. The van der Waals surface area contributed by atoms with E-state index in [1.165, 1.54) is 0 Å². The zero-order valence-corrected chi connectivity index (χ0v) is 9.01. The van der Waals surface area contributed by atoms with Crippen LogP contribution in [0.4, 0.5) is 0 Å². The summed E-state index contributed by atoms with van der Waals surface area (Å²) < 4.78 is 0. The first-order valence-electron chi connectivity index (χ1n) is 4.69. The second kappa shape index (κ2) is 5.67. The fourth-order valence-corrected chi connectivity index (χ4v) is 1.51. The average Bonchev–Trinajstić information content (AvgIpc) is 2.87. The number of nitrogens with zero attached hydrogens (tertiary/aromatic N) is 2. The lowest BCUT2D eigenvalue weighted by atomic mass is 10.1. The largest absolute Gasteiger partial charge is 0.350 e. The molecule has 0 aliphatic carbocycles. The maximum absolute atomic E-state index is 11.5. The van der Waals surface area contributed by atoms with Gasteiger partial charge in [0.25, 0.3) is 0 Å². The molecule has 1 aromatic rings. The second-order valence-electron chi connectivity index (χ2n) is 3.37. The molecule has 15 heavy (non-hydrogen) atoms. The number of aromatic nitrogens is 3. The molecule has 84 valence electrons. The van der Waals surface area contributed by atoms with E-state index in [2.05, 4.69) is 26.0 Å². The molecule has 0 unspecified atom stereocenters. The maximum Gasteiger partial charge on any atom is 0.224 e. The second-order valence-corrected chi connectivity index (χ2v) is 3.37. The molecule has 0 saturated carbocycles. The molecule has 2 heterocycles. The van der Waals surface area contributed by atoms with E-state index in [1.807, 2.05) is 0 Å². The Morgan fingerprint density at radius 2 is 2.53 bits per heavy atom. The fourth-order valence-electron chi connectivity index (χ4n) is 1.51. The van der Waals surface area contributed by atoms with Crippen LogP contribution in [0.15, 0.2) is 6.20 Å². The highest BCUT2D eigenvalue weighted by Gasteiger charge is 2.21. The molecule has 0 radical (unpaired) electrons. The summed E-state index contributed by atoms with van der Waals surface area (Å²) in [6.07, 6.45) is 2.53. The number of hydrogen-bond acceptors (Lipinski definition) is 4. The van der Waals surface area contributed by atoms with E-state index in [0.717, 1.165) is 25.2 Å². The summed E-state index contributed by atoms with van der Waals surface area (Å²) in [5.74, 6) is 0.208. The lowest BCUT2D eigenvalue weighted by Crippen LogP contribution is -2.31. The molecule has 1 aliphatic rings. The average molecular weight is 232 g/mol. The summed E-state index contributed by atoms with van der Waals surface area (Å²) in [5, 5.41) is 16.0. The van der Waals surface area contributed by atoms with Gasteiger partial charge in [-0.2, -0.15) is 15.4 Å². The van der Waals surface area contributed by atoms with Crippen LogP contribution in [0.2, 0.25) is 0 Å². The summed E-state index contributed by atoms with van der Waals surface area (Å²) in [7, 11) is 0. The number of nitrogens with one attached hydrogen (secondary N) is 3. The van der Waals surface area contributed by atoms with Crippen molar-refractivity contribution >= 4 is 18.3 Å². The van der Waals surface area contributed by atoms with E-state index in [0.29, 0.717) is 6.54 Å². The van der Waals surface area contributed by atoms with Crippen molar-refractivity contribution in [3.05, 3.63) is 11.9 Å². The minimum atomic E-state index is 0. The van der Waals surface area contributed by atoms with Gasteiger partial charge in [0.05, 0.1) is 18.7 Å². The van der Waals surface area contributed by atoms with Crippen molar-refractivity contribution in [3.63, 3.8) is 0 Å². The topological polar surface area (TPSA) is 82.7 Å². The third-order valence-electron chi connectivity index (χ3n) is 2.34. The van der Waals surface area contributed by atoms with Gasteiger partial charge in [-0.05, 0) is 13.0 Å². The minimum absolute atomic E-state index is 0. The van der Waals surface area contributed by atoms with E-state index in [1.54, 1.807) is 6.20 Å². The molecule has 1 saturated heterocycles. The first-order chi connectivity index (χ1) is 6.86. The van der Waals surface area contributed by atoms with Gasteiger partial charge < -0.3 is 10.6 Å². The van der Waals surface area contributed by atoms with Crippen LogP contribution in [0.1, 0.15) is 12.1 Å². The number of hydrogen-bond donors (Lipinski definition) is 3. The van der Waals surface area contributed by atoms with E-state index < -0.39 is 0 Å². The number of amides is 1. The van der Waals surface area contributed by atoms with E-state index in [4.69, 9.17) is 0 Å². The van der Waals surface area contributed by atoms with E-state index >= 15 is 0 Å². The molecule has 1 fully saturated rings. The molecule has 0 aromatic carbocycles. The third-order valence-corrected chi connectivity index (χ3v) is 2.34. The molecule has 1 aliphatic heterocycles. The first kappa shape index (κ1) is 11.9. The van der Waals surface area contributed by atoms with Gasteiger partial charge in [-0.15, -0.1) is 12.4 Å². The van der Waals surface area contributed by atoms with Crippen LogP contribution in [-0.4, -0.2) is 34.4 Å². The van der Waals surface area contributed by atoms with E-state index in [9.17, 15) is 4.79 Å². The van der Waals surface area contributed by atoms with Gasteiger partial charge in [-0.1, -0.05) is 0 Å². The number of H-pyrrole nitrogens is 1. The summed E-state index contributed by atoms with van der Waals surface area (Å²) >= 11 is 0. The monoisotopic (exact) mass is 231 g/mol. The Bertz CT molecular complexity index is 296. The van der Waals surface area contributed by atoms with Crippen molar-refractivity contribution in [2.24, 2.45) is 5.92 Å². The molecular formula is C8H14ClN5O. The van der Waals surface area contributed by atoms with Crippen molar-refractivity contribution in [1.82, 2.24) is 26.0 Å². The van der Waals surface area contributed by atoms with Crippen molar-refractivity contribution in [2.45, 2.75) is 13.0 Å². The Morgan fingerprint density at radius 1 is 1.67 bits per heavy atom. The van der Waals surface area contributed by atoms with Crippen LogP contribution >= 0.6 is 12.4 Å². The maximum atomic E-state index is 11.5. The van der Waals surface area contributed by atoms with Crippen LogP contribution in [0.5, 0.6) is 0 Å². The van der Waals surface area contributed by atoms with Gasteiger partial charge in [0.15, 0.2) is 0 Å². The molecule has 7 heteroatoms. The molecular weight excluding hydrogens is 218 g/mol. The summed E-state index contributed by atoms with van der Waals surface area (Å²) in [4.78, 5) is 11.5. The molecule has 2 rings (SSSR count). The van der Waals surface area contributed by atoms with Crippen LogP contribution in [-0.2, 0) is 11.3 Å².